The Balaban J connectivity index is 1.35. The minimum atomic E-state index is 0.589. The highest BCUT2D eigenvalue weighted by Gasteiger charge is 2.21. The number of hydrogen-bond donors (Lipinski definition) is 0. The topological polar surface area (TPSA) is 62.7 Å². The van der Waals surface area contributed by atoms with Crippen LogP contribution in [0.15, 0.2) is 36.4 Å². The largest absolute Gasteiger partial charge is 0.485 e. The van der Waals surface area contributed by atoms with Crippen LogP contribution < -0.4 is 18.9 Å². The standard InChI is InChI=1S/C26H20N2O4S2/c1-13-17(21-11-19-25(33-21)31-7-5-29-19)9-15-3-4-16-10-18(14(2)28-24(16)23(15)27-13)22-12-20-26(34-22)32-8-6-30-20/h3-4,9-12H,5-8H2,1-2H3. The summed E-state index contributed by atoms with van der Waals surface area (Å²) in [6, 6.07) is 12.8. The maximum atomic E-state index is 5.75. The second-order valence-electron chi connectivity index (χ2n) is 8.37. The van der Waals surface area contributed by atoms with E-state index in [2.05, 4.69) is 36.4 Å². The fourth-order valence-corrected chi connectivity index (χ4v) is 6.59. The van der Waals surface area contributed by atoms with Gasteiger partial charge in [-0.2, -0.15) is 0 Å². The van der Waals surface area contributed by atoms with Crippen molar-refractivity contribution in [2.75, 3.05) is 26.4 Å². The summed E-state index contributed by atoms with van der Waals surface area (Å²) in [6.07, 6.45) is 0. The first-order chi connectivity index (χ1) is 16.6. The Kier molecular flexibility index (Phi) is 4.47. The molecular formula is C26H20N2O4S2. The molecule has 0 bridgehead atoms. The zero-order valence-corrected chi connectivity index (χ0v) is 20.3. The van der Waals surface area contributed by atoms with E-state index in [9.17, 15) is 0 Å². The van der Waals surface area contributed by atoms with Crippen LogP contribution in [-0.2, 0) is 0 Å². The summed E-state index contributed by atoms with van der Waals surface area (Å²) in [7, 11) is 0. The van der Waals surface area contributed by atoms with E-state index in [-0.39, 0.29) is 0 Å². The van der Waals surface area contributed by atoms with Crippen molar-refractivity contribution in [2.24, 2.45) is 0 Å². The van der Waals surface area contributed by atoms with Gasteiger partial charge in [-0.3, -0.25) is 9.97 Å². The van der Waals surface area contributed by atoms with Crippen molar-refractivity contribution in [1.82, 2.24) is 9.97 Å². The van der Waals surface area contributed by atoms with Crippen LogP contribution in [0.2, 0.25) is 0 Å². The zero-order valence-electron chi connectivity index (χ0n) is 18.6. The average molecular weight is 489 g/mol. The van der Waals surface area contributed by atoms with Gasteiger partial charge in [-0.15, -0.1) is 0 Å². The van der Waals surface area contributed by atoms with Crippen LogP contribution >= 0.6 is 22.7 Å². The Bertz CT molecular complexity index is 1440. The molecule has 34 heavy (non-hydrogen) atoms. The quantitative estimate of drug-likeness (QED) is 0.268. The smallest absolute Gasteiger partial charge is 0.217 e. The molecule has 0 saturated carbocycles. The van der Waals surface area contributed by atoms with Crippen LogP contribution in [0.1, 0.15) is 11.4 Å². The van der Waals surface area contributed by atoms with E-state index >= 15 is 0 Å². The maximum absolute atomic E-state index is 5.75. The lowest BCUT2D eigenvalue weighted by atomic mass is 10.0. The van der Waals surface area contributed by atoms with Gasteiger partial charge in [-0.05, 0) is 26.0 Å². The first-order valence-electron chi connectivity index (χ1n) is 11.2. The highest BCUT2D eigenvalue weighted by Crippen LogP contribution is 2.46. The molecule has 0 radical (unpaired) electrons. The van der Waals surface area contributed by atoms with E-state index in [0.29, 0.717) is 26.4 Å². The lowest BCUT2D eigenvalue weighted by Crippen LogP contribution is -2.13. The molecule has 170 valence electrons. The molecule has 0 unspecified atom stereocenters. The van der Waals surface area contributed by atoms with Crippen molar-refractivity contribution >= 4 is 44.5 Å². The summed E-state index contributed by atoms with van der Waals surface area (Å²) < 4.78 is 23.0. The summed E-state index contributed by atoms with van der Waals surface area (Å²) in [6.45, 7) is 6.46. The Morgan fingerprint density at radius 2 is 1.06 bits per heavy atom. The SMILES string of the molecule is Cc1nc2c(ccc3cc(-c4cc5c(s4)OCCO5)c(C)nc32)cc1-c1cc2c(s1)OCCO2. The number of thiophene rings is 2. The van der Waals surface area contributed by atoms with Crippen molar-refractivity contribution in [3.8, 4) is 42.5 Å². The molecule has 4 aromatic heterocycles. The van der Waals surface area contributed by atoms with Gasteiger partial charge in [0, 0.05) is 55.2 Å². The highest BCUT2D eigenvalue weighted by atomic mass is 32.1. The van der Waals surface area contributed by atoms with Gasteiger partial charge in [0.15, 0.2) is 11.5 Å². The summed E-state index contributed by atoms with van der Waals surface area (Å²) in [5.74, 6) is 1.64. The summed E-state index contributed by atoms with van der Waals surface area (Å²) >= 11 is 3.21. The van der Waals surface area contributed by atoms with Crippen LogP contribution in [0.5, 0.6) is 21.6 Å². The molecule has 6 heterocycles. The Hall–Kier alpha value is -3.36. The highest BCUT2D eigenvalue weighted by molar-refractivity contribution is 7.18. The lowest BCUT2D eigenvalue weighted by Gasteiger charge is -2.13. The van der Waals surface area contributed by atoms with E-state index in [4.69, 9.17) is 28.9 Å². The average Bonchev–Trinajstić information content (AvgIpc) is 3.47. The molecule has 5 aromatic rings. The second-order valence-corrected chi connectivity index (χ2v) is 10.4. The van der Waals surface area contributed by atoms with Crippen molar-refractivity contribution in [3.05, 3.63) is 47.8 Å². The van der Waals surface area contributed by atoms with Crippen LogP contribution in [0.4, 0.5) is 0 Å². The van der Waals surface area contributed by atoms with Crippen molar-refractivity contribution in [3.63, 3.8) is 0 Å². The normalized spacial score (nSPS) is 14.6. The number of ether oxygens (including phenoxy) is 4. The summed E-state index contributed by atoms with van der Waals surface area (Å²) in [5.41, 5.74) is 5.94. The number of benzene rings is 1. The second kappa shape index (κ2) is 7.58. The van der Waals surface area contributed by atoms with Gasteiger partial charge in [0.05, 0.1) is 11.0 Å². The molecule has 7 rings (SSSR count). The summed E-state index contributed by atoms with van der Waals surface area (Å²) in [5, 5.41) is 3.81. The van der Waals surface area contributed by atoms with Crippen molar-refractivity contribution in [1.29, 1.82) is 0 Å². The molecule has 0 saturated heterocycles. The first kappa shape index (κ1) is 20.1. The number of rotatable bonds is 2. The summed E-state index contributed by atoms with van der Waals surface area (Å²) in [4.78, 5) is 12.2. The fraction of sp³-hybridized carbons (Fsp3) is 0.231. The predicted molar refractivity (Wildman–Crippen MR) is 135 cm³/mol. The number of pyridine rings is 2. The zero-order chi connectivity index (χ0) is 22.8. The minimum absolute atomic E-state index is 0.589. The van der Waals surface area contributed by atoms with Crippen LogP contribution in [0, 0.1) is 13.8 Å². The predicted octanol–water partition coefficient (Wildman–Crippen LogP) is 6.40. The van der Waals surface area contributed by atoms with E-state index in [1.54, 1.807) is 22.7 Å². The fourth-order valence-electron chi connectivity index (χ4n) is 4.51. The Morgan fingerprint density at radius 1 is 0.618 bits per heavy atom. The van der Waals surface area contributed by atoms with E-state index in [0.717, 1.165) is 75.7 Å². The van der Waals surface area contributed by atoms with Gasteiger partial charge in [-0.25, -0.2) is 0 Å². The van der Waals surface area contributed by atoms with Crippen LogP contribution in [0.25, 0.3) is 42.7 Å². The van der Waals surface area contributed by atoms with E-state index in [1.807, 2.05) is 13.8 Å². The third kappa shape index (κ3) is 3.13. The number of hydrogen-bond acceptors (Lipinski definition) is 8. The van der Waals surface area contributed by atoms with Crippen LogP contribution in [0.3, 0.4) is 0 Å². The monoisotopic (exact) mass is 488 g/mol. The number of aromatic nitrogens is 2. The van der Waals surface area contributed by atoms with E-state index in [1.165, 1.54) is 0 Å². The molecule has 0 N–H and O–H groups in total. The van der Waals surface area contributed by atoms with E-state index < -0.39 is 0 Å². The first-order valence-corrected chi connectivity index (χ1v) is 12.8. The third-order valence-electron chi connectivity index (χ3n) is 6.16. The van der Waals surface area contributed by atoms with Gasteiger partial charge < -0.3 is 18.9 Å². The van der Waals surface area contributed by atoms with Crippen molar-refractivity contribution < 1.29 is 18.9 Å². The molecule has 0 atom stereocenters. The Labute approximate surface area is 203 Å². The molecule has 0 amide bonds. The third-order valence-corrected chi connectivity index (χ3v) is 8.29. The molecule has 0 fully saturated rings. The maximum Gasteiger partial charge on any atom is 0.217 e. The lowest BCUT2D eigenvalue weighted by molar-refractivity contribution is 0.178. The van der Waals surface area contributed by atoms with Gasteiger partial charge in [0.2, 0.25) is 10.1 Å². The van der Waals surface area contributed by atoms with Gasteiger partial charge in [0.25, 0.3) is 0 Å². The molecule has 6 nitrogen and oxygen atoms in total. The van der Waals surface area contributed by atoms with Crippen LogP contribution in [-0.4, -0.2) is 36.4 Å². The van der Waals surface area contributed by atoms with Gasteiger partial charge in [0.1, 0.15) is 26.4 Å². The van der Waals surface area contributed by atoms with Gasteiger partial charge in [-0.1, -0.05) is 34.8 Å². The molecule has 2 aliphatic heterocycles. The number of fused-ring (bicyclic) bond motifs is 5. The molecule has 8 heteroatoms. The number of nitrogens with zero attached hydrogens (tertiary/aromatic N) is 2. The number of aryl methyl sites for hydroxylation is 2. The van der Waals surface area contributed by atoms with Gasteiger partial charge >= 0.3 is 0 Å². The minimum Gasteiger partial charge on any atom is -0.485 e. The molecule has 1 aromatic carbocycles. The molecule has 0 aliphatic carbocycles. The molecule has 2 aliphatic rings. The van der Waals surface area contributed by atoms with Crippen molar-refractivity contribution in [2.45, 2.75) is 13.8 Å². The molecular weight excluding hydrogens is 468 g/mol. The Morgan fingerprint density at radius 3 is 1.50 bits per heavy atom. The molecule has 0 spiro atoms.